The van der Waals surface area contributed by atoms with Crippen molar-refractivity contribution in [2.45, 2.75) is 32.7 Å². The Morgan fingerprint density at radius 2 is 2.09 bits per heavy atom. The molecule has 4 aromatic rings. The van der Waals surface area contributed by atoms with Gasteiger partial charge in [-0.3, -0.25) is 9.69 Å². The van der Waals surface area contributed by atoms with Crippen molar-refractivity contribution in [3.63, 3.8) is 0 Å². The van der Waals surface area contributed by atoms with Crippen LogP contribution in [0.2, 0.25) is 0 Å². The van der Waals surface area contributed by atoms with E-state index in [9.17, 15) is 4.79 Å². The standard InChI is InChI=1S/C26H27N5O2/c1-17(2)29-26-27-12-9-24(30-26)31(13-10-20-16-28-22-6-4-3-5-21(20)22)25(32)19-7-8-23-18(15-19)11-14-33-23/h3-9,12,15-17,28H,10-11,13-14H2,1-2H3,(H,27,29,30). The number of carbonyl (C=O) groups excluding carboxylic acids is 1. The third-order valence-corrected chi connectivity index (χ3v) is 5.80. The fourth-order valence-corrected chi connectivity index (χ4v) is 4.19. The summed E-state index contributed by atoms with van der Waals surface area (Å²) in [4.78, 5) is 27.7. The Bertz CT molecular complexity index is 1300. The number of fused-ring (bicyclic) bond motifs is 2. The fourth-order valence-electron chi connectivity index (χ4n) is 4.19. The highest BCUT2D eigenvalue weighted by Crippen LogP contribution is 2.27. The van der Waals surface area contributed by atoms with Crippen molar-refractivity contribution in [2.75, 3.05) is 23.4 Å². The number of ether oxygens (including phenoxy) is 1. The Labute approximate surface area is 192 Å². The van der Waals surface area contributed by atoms with E-state index in [1.165, 1.54) is 10.9 Å². The molecule has 1 aliphatic rings. The second-order valence-corrected chi connectivity index (χ2v) is 8.52. The lowest BCUT2D eigenvalue weighted by molar-refractivity contribution is 0.0986. The van der Waals surface area contributed by atoms with Crippen LogP contribution in [-0.4, -0.2) is 40.1 Å². The van der Waals surface area contributed by atoms with Gasteiger partial charge in [-0.2, -0.15) is 4.98 Å². The van der Waals surface area contributed by atoms with Gasteiger partial charge in [-0.1, -0.05) is 18.2 Å². The summed E-state index contributed by atoms with van der Waals surface area (Å²) in [6, 6.07) is 15.8. The fraction of sp³-hybridized carbons (Fsp3) is 0.269. The first-order valence-corrected chi connectivity index (χ1v) is 11.3. The average Bonchev–Trinajstić information content (AvgIpc) is 3.45. The molecule has 0 radical (unpaired) electrons. The number of benzene rings is 2. The summed E-state index contributed by atoms with van der Waals surface area (Å²) in [5, 5.41) is 4.40. The monoisotopic (exact) mass is 441 g/mol. The normalized spacial score (nSPS) is 12.6. The number of nitrogens with zero attached hydrogens (tertiary/aromatic N) is 3. The van der Waals surface area contributed by atoms with Crippen LogP contribution in [0.4, 0.5) is 11.8 Å². The number of H-pyrrole nitrogens is 1. The minimum Gasteiger partial charge on any atom is -0.493 e. The van der Waals surface area contributed by atoms with Crippen LogP contribution in [0.25, 0.3) is 10.9 Å². The van der Waals surface area contributed by atoms with Gasteiger partial charge < -0.3 is 15.0 Å². The summed E-state index contributed by atoms with van der Waals surface area (Å²) in [7, 11) is 0. The molecule has 0 bridgehead atoms. The van der Waals surface area contributed by atoms with E-state index in [0.717, 1.165) is 23.3 Å². The maximum atomic E-state index is 13.7. The van der Waals surface area contributed by atoms with Crippen LogP contribution in [-0.2, 0) is 12.8 Å². The molecule has 0 fully saturated rings. The number of nitrogens with one attached hydrogen (secondary N) is 2. The van der Waals surface area contributed by atoms with Gasteiger partial charge in [0, 0.05) is 47.9 Å². The van der Waals surface area contributed by atoms with Crippen LogP contribution in [0.5, 0.6) is 5.75 Å². The summed E-state index contributed by atoms with van der Waals surface area (Å²) < 4.78 is 5.61. The largest absolute Gasteiger partial charge is 0.493 e. The van der Waals surface area contributed by atoms with Crippen molar-refractivity contribution in [3.8, 4) is 5.75 Å². The Morgan fingerprint density at radius 1 is 1.21 bits per heavy atom. The number of carbonyl (C=O) groups is 1. The second kappa shape index (κ2) is 8.94. The lowest BCUT2D eigenvalue weighted by Crippen LogP contribution is -2.34. The smallest absolute Gasteiger partial charge is 0.259 e. The van der Waals surface area contributed by atoms with Gasteiger partial charge in [0.25, 0.3) is 5.91 Å². The number of aromatic amines is 1. The number of hydrogen-bond acceptors (Lipinski definition) is 5. The second-order valence-electron chi connectivity index (χ2n) is 8.52. The molecule has 0 saturated heterocycles. The van der Waals surface area contributed by atoms with Crippen LogP contribution < -0.4 is 15.0 Å². The molecule has 0 spiro atoms. The molecule has 0 unspecified atom stereocenters. The maximum absolute atomic E-state index is 13.7. The number of rotatable bonds is 7. The Balaban J connectivity index is 1.47. The topological polar surface area (TPSA) is 83.1 Å². The van der Waals surface area contributed by atoms with Crippen LogP contribution in [0.3, 0.4) is 0 Å². The summed E-state index contributed by atoms with van der Waals surface area (Å²) in [5.41, 5.74) is 3.97. The molecule has 168 valence electrons. The zero-order valence-electron chi connectivity index (χ0n) is 18.8. The summed E-state index contributed by atoms with van der Waals surface area (Å²) in [6.45, 7) is 5.21. The summed E-state index contributed by atoms with van der Waals surface area (Å²) in [5.74, 6) is 1.87. The van der Waals surface area contributed by atoms with E-state index in [1.54, 1.807) is 17.2 Å². The maximum Gasteiger partial charge on any atom is 0.259 e. The van der Waals surface area contributed by atoms with Gasteiger partial charge >= 0.3 is 0 Å². The van der Waals surface area contributed by atoms with E-state index in [1.807, 2.05) is 50.4 Å². The lowest BCUT2D eigenvalue weighted by Gasteiger charge is -2.23. The zero-order valence-corrected chi connectivity index (χ0v) is 18.8. The molecule has 2 N–H and O–H groups in total. The van der Waals surface area contributed by atoms with Gasteiger partial charge in [0.05, 0.1) is 6.61 Å². The third kappa shape index (κ3) is 4.39. The minimum absolute atomic E-state index is 0.0845. The number of aromatic nitrogens is 3. The van der Waals surface area contributed by atoms with E-state index >= 15 is 0 Å². The van der Waals surface area contributed by atoms with Crippen molar-refractivity contribution in [1.82, 2.24) is 15.0 Å². The first kappa shape index (κ1) is 21.0. The number of anilines is 2. The van der Waals surface area contributed by atoms with Gasteiger partial charge in [0.15, 0.2) is 0 Å². The van der Waals surface area contributed by atoms with E-state index in [2.05, 4.69) is 32.4 Å². The molecular weight excluding hydrogens is 414 g/mol. The van der Waals surface area contributed by atoms with Gasteiger partial charge in [0.1, 0.15) is 11.6 Å². The molecule has 0 saturated carbocycles. The van der Waals surface area contributed by atoms with Crippen LogP contribution >= 0.6 is 0 Å². The highest BCUT2D eigenvalue weighted by atomic mass is 16.5. The number of hydrogen-bond donors (Lipinski definition) is 2. The van der Waals surface area contributed by atoms with Crippen molar-refractivity contribution < 1.29 is 9.53 Å². The highest BCUT2D eigenvalue weighted by molar-refractivity contribution is 6.06. The first-order chi connectivity index (χ1) is 16.1. The van der Waals surface area contributed by atoms with E-state index in [-0.39, 0.29) is 11.9 Å². The Kier molecular flexibility index (Phi) is 5.69. The van der Waals surface area contributed by atoms with Gasteiger partial charge in [-0.25, -0.2) is 4.98 Å². The molecule has 1 aliphatic heterocycles. The van der Waals surface area contributed by atoms with Crippen molar-refractivity contribution >= 4 is 28.6 Å². The average molecular weight is 442 g/mol. The SMILES string of the molecule is CC(C)Nc1nccc(N(CCc2c[nH]c3ccccc23)C(=O)c2ccc3c(c2)CCO3)n1. The van der Waals surface area contributed by atoms with Gasteiger partial charge in [-0.05, 0) is 61.7 Å². The summed E-state index contributed by atoms with van der Waals surface area (Å²) >= 11 is 0. The summed E-state index contributed by atoms with van der Waals surface area (Å²) in [6.07, 6.45) is 5.23. The minimum atomic E-state index is -0.0845. The highest BCUT2D eigenvalue weighted by Gasteiger charge is 2.22. The molecule has 0 aliphatic carbocycles. The van der Waals surface area contributed by atoms with Crippen molar-refractivity contribution in [1.29, 1.82) is 0 Å². The first-order valence-electron chi connectivity index (χ1n) is 11.3. The van der Waals surface area contributed by atoms with Gasteiger partial charge in [0.2, 0.25) is 5.95 Å². The Hall–Kier alpha value is -3.87. The number of para-hydroxylation sites is 1. The molecule has 2 aromatic carbocycles. The molecule has 2 aromatic heterocycles. The molecule has 7 nitrogen and oxygen atoms in total. The predicted molar refractivity (Wildman–Crippen MR) is 130 cm³/mol. The van der Waals surface area contributed by atoms with Crippen molar-refractivity contribution in [3.05, 3.63) is 77.6 Å². The van der Waals surface area contributed by atoms with E-state index in [0.29, 0.717) is 36.9 Å². The van der Waals surface area contributed by atoms with E-state index < -0.39 is 0 Å². The van der Waals surface area contributed by atoms with Gasteiger partial charge in [-0.15, -0.1) is 0 Å². The van der Waals surface area contributed by atoms with Crippen LogP contribution in [0.1, 0.15) is 35.3 Å². The predicted octanol–water partition coefficient (Wildman–Crippen LogP) is 4.60. The molecule has 5 rings (SSSR count). The molecular formula is C26H27N5O2. The molecule has 0 atom stereocenters. The molecule has 1 amide bonds. The molecule has 7 heteroatoms. The van der Waals surface area contributed by atoms with E-state index in [4.69, 9.17) is 4.74 Å². The lowest BCUT2D eigenvalue weighted by atomic mass is 10.1. The van der Waals surface area contributed by atoms with Crippen LogP contribution in [0, 0.1) is 0 Å². The van der Waals surface area contributed by atoms with Crippen LogP contribution in [0.15, 0.2) is 60.9 Å². The quantitative estimate of drug-likeness (QED) is 0.438. The third-order valence-electron chi connectivity index (χ3n) is 5.80. The molecule has 3 heterocycles. The zero-order chi connectivity index (χ0) is 22.8. The Morgan fingerprint density at radius 3 is 2.97 bits per heavy atom. The molecule has 33 heavy (non-hydrogen) atoms. The number of amides is 1. The van der Waals surface area contributed by atoms with Crippen molar-refractivity contribution in [2.24, 2.45) is 0 Å².